The monoisotopic (exact) mass is 201 g/mol. The van der Waals surface area contributed by atoms with Gasteiger partial charge in [0.2, 0.25) is 0 Å². The molecular formula is C10H10F3N. The summed E-state index contributed by atoms with van der Waals surface area (Å²) in [6, 6.07) is 7.61. The maximum atomic E-state index is 12.5. The van der Waals surface area contributed by atoms with Crippen molar-refractivity contribution in [3.63, 3.8) is 0 Å². The third kappa shape index (κ3) is 2.60. The number of allylic oxidation sites excluding steroid dienone is 1. The molecule has 76 valence electrons. The molecule has 0 bridgehead atoms. The van der Waals surface area contributed by atoms with Crippen LogP contribution in [0, 0.1) is 0 Å². The molecule has 0 spiro atoms. The van der Waals surface area contributed by atoms with Gasteiger partial charge in [0.25, 0.3) is 0 Å². The van der Waals surface area contributed by atoms with Crippen LogP contribution in [0.1, 0.15) is 5.56 Å². The van der Waals surface area contributed by atoms with Gasteiger partial charge in [-0.25, -0.2) is 0 Å². The highest BCUT2D eigenvalue weighted by Crippen LogP contribution is 2.33. The SMILES string of the molecule is NC/C=C(\c1ccccc1)C(F)(F)F. The summed E-state index contributed by atoms with van der Waals surface area (Å²) in [7, 11) is 0. The number of benzene rings is 1. The van der Waals surface area contributed by atoms with Crippen molar-refractivity contribution in [2.75, 3.05) is 6.54 Å². The quantitative estimate of drug-likeness (QED) is 0.781. The van der Waals surface area contributed by atoms with E-state index in [2.05, 4.69) is 0 Å². The van der Waals surface area contributed by atoms with Crippen LogP contribution in [0.2, 0.25) is 0 Å². The van der Waals surface area contributed by atoms with Gasteiger partial charge in [0.05, 0.1) is 5.57 Å². The molecule has 0 saturated carbocycles. The Balaban J connectivity index is 3.09. The lowest BCUT2D eigenvalue weighted by Crippen LogP contribution is -2.12. The summed E-state index contributed by atoms with van der Waals surface area (Å²) in [5, 5.41) is 0. The lowest BCUT2D eigenvalue weighted by atomic mass is 10.1. The predicted octanol–water partition coefficient (Wildman–Crippen LogP) is 2.59. The Hall–Kier alpha value is -1.29. The summed E-state index contributed by atoms with van der Waals surface area (Å²) in [5.74, 6) is 0. The Bertz CT molecular complexity index is 314. The average molecular weight is 201 g/mol. The van der Waals surface area contributed by atoms with Gasteiger partial charge in [-0.05, 0) is 5.56 Å². The van der Waals surface area contributed by atoms with E-state index in [1.54, 1.807) is 18.2 Å². The van der Waals surface area contributed by atoms with Crippen LogP contribution in [-0.2, 0) is 0 Å². The molecule has 1 aromatic rings. The molecule has 14 heavy (non-hydrogen) atoms. The minimum absolute atomic E-state index is 0.121. The number of hydrogen-bond donors (Lipinski definition) is 1. The summed E-state index contributed by atoms with van der Waals surface area (Å²) in [6.45, 7) is -0.121. The number of nitrogens with two attached hydrogens (primary N) is 1. The maximum absolute atomic E-state index is 12.5. The molecule has 0 unspecified atom stereocenters. The van der Waals surface area contributed by atoms with E-state index in [0.717, 1.165) is 6.08 Å². The first-order valence-corrected chi connectivity index (χ1v) is 4.08. The van der Waals surface area contributed by atoms with Crippen LogP contribution in [0.3, 0.4) is 0 Å². The second-order valence-electron chi connectivity index (χ2n) is 2.72. The average Bonchev–Trinajstić information content (AvgIpc) is 2.14. The summed E-state index contributed by atoms with van der Waals surface area (Å²) < 4.78 is 37.4. The molecule has 1 nitrogen and oxygen atoms in total. The van der Waals surface area contributed by atoms with Crippen LogP contribution in [0.15, 0.2) is 36.4 Å². The molecule has 0 atom stereocenters. The summed E-state index contributed by atoms with van der Waals surface area (Å²) in [4.78, 5) is 0. The Morgan fingerprint density at radius 3 is 2.21 bits per heavy atom. The van der Waals surface area contributed by atoms with Gasteiger partial charge in [-0.15, -0.1) is 0 Å². The first-order chi connectivity index (χ1) is 6.55. The molecule has 0 fully saturated rings. The molecule has 1 aromatic carbocycles. The van der Waals surface area contributed by atoms with Gasteiger partial charge >= 0.3 is 6.18 Å². The van der Waals surface area contributed by atoms with Crippen molar-refractivity contribution in [3.05, 3.63) is 42.0 Å². The first kappa shape index (κ1) is 10.8. The van der Waals surface area contributed by atoms with E-state index < -0.39 is 11.7 Å². The van der Waals surface area contributed by atoms with Crippen molar-refractivity contribution in [3.8, 4) is 0 Å². The maximum Gasteiger partial charge on any atom is 0.416 e. The van der Waals surface area contributed by atoms with Crippen LogP contribution in [0.5, 0.6) is 0 Å². The van der Waals surface area contributed by atoms with Crippen LogP contribution >= 0.6 is 0 Å². The molecule has 0 aliphatic heterocycles. The molecule has 0 amide bonds. The molecule has 2 N–H and O–H groups in total. The minimum atomic E-state index is -4.35. The zero-order valence-electron chi connectivity index (χ0n) is 7.38. The summed E-state index contributed by atoms with van der Waals surface area (Å²) in [6.07, 6.45) is -3.37. The third-order valence-electron chi connectivity index (χ3n) is 1.71. The molecule has 0 saturated heterocycles. The Kier molecular flexibility index (Phi) is 3.30. The van der Waals surface area contributed by atoms with E-state index in [4.69, 9.17) is 5.73 Å². The van der Waals surface area contributed by atoms with Gasteiger partial charge in [0, 0.05) is 6.54 Å². The van der Waals surface area contributed by atoms with Crippen molar-refractivity contribution < 1.29 is 13.2 Å². The highest BCUT2D eigenvalue weighted by Gasteiger charge is 2.33. The summed E-state index contributed by atoms with van der Waals surface area (Å²) >= 11 is 0. The van der Waals surface area contributed by atoms with Crippen LogP contribution < -0.4 is 5.73 Å². The Morgan fingerprint density at radius 2 is 1.79 bits per heavy atom. The van der Waals surface area contributed by atoms with Crippen LogP contribution in [0.25, 0.3) is 5.57 Å². The molecule has 0 aromatic heterocycles. The van der Waals surface area contributed by atoms with E-state index in [1.807, 2.05) is 0 Å². The second-order valence-corrected chi connectivity index (χ2v) is 2.72. The van der Waals surface area contributed by atoms with Crippen LogP contribution in [0.4, 0.5) is 13.2 Å². The molecule has 0 aliphatic carbocycles. The number of halogens is 3. The predicted molar refractivity (Wildman–Crippen MR) is 49.5 cm³/mol. The molecule has 0 aliphatic rings. The van der Waals surface area contributed by atoms with Crippen molar-refractivity contribution >= 4 is 5.57 Å². The zero-order chi connectivity index (χ0) is 10.6. The van der Waals surface area contributed by atoms with Gasteiger partial charge in [0.15, 0.2) is 0 Å². The highest BCUT2D eigenvalue weighted by atomic mass is 19.4. The largest absolute Gasteiger partial charge is 0.416 e. The number of alkyl halides is 3. The fraction of sp³-hybridized carbons (Fsp3) is 0.200. The van der Waals surface area contributed by atoms with E-state index in [9.17, 15) is 13.2 Å². The fourth-order valence-corrected chi connectivity index (χ4v) is 1.13. The van der Waals surface area contributed by atoms with E-state index >= 15 is 0 Å². The van der Waals surface area contributed by atoms with Crippen LogP contribution in [-0.4, -0.2) is 12.7 Å². The molecule has 0 heterocycles. The van der Waals surface area contributed by atoms with Crippen molar-refractivity contribution in [2.45, 2.75) is 6.18 Å². The molecule has 4 heteroatoms. The first-order valence-electron chi connectivity index (χ1n) is 4.08. The van der Waals surface area contributed by atoms with Gasteiger partial charge in [0.1, 0.15) is 0 Å². The summed E-state index contributed by atoms with van der Waals surface area (Å²) in [5.41, 5.74) is 4.55. The van der Waals surface area contributed by atoms with Crippen molar-refractivity contribution in [2.24, 2.45) is 5.73 Å². The second kappa shape index (κ2) is 4.28. The standard InChI is InChI=1S/C10H10F3N/c11-10(12,13)9(6-7-14)8-4-2-1-3-5-8/h1-6H,7,14H2/b9-6+. The van der Waals surface area contributed by atoms with Crippen molar-refractivity contribution in [1.29, 1.82) is 0 Å². The highest BCUT2D eigenvalue weighted by molar-refractivity contribution is 5.69. The molecular weight excluding hydrogens is 191 g/mol. The van der Waals surface area contributed by atoms with Crippen molar-refractivity contribution in [1.82, 2.24) is 0 Å². The molecule has 0 radical (unpaired) electrons. The minimum Gasteiger partial charge on any atom is -0.327 e. The Labute approximate surface area is 80.0 Å². The van der Waals surface area contributed by atoms with Gasteiger partial charge in [-0.3, -0.25) is 0 Å². The lowest BCUT2D eigenvalue weighted by Gasteiger charge is -2.11. The van der Waals surface area contributed by atoms with Gasteiger partial charge in [-0.2, -0.15) is 13.2 Å². The fourth-order valence-electron chi connectivity index (χ4n) is 1.13. The van der Waals surface area contributed by atoms with E-state index in [-0.39, 0.29) is 12.1 Å². The van der Waals surface area contributed by atoms with Gasteiger partial charge in [-0.1, -0.05) is 36.4 Å². The normalized spacial score (nSPS) is 13.0. The van der Waals surface area contributed by atoms with E-state index in [0.29, 0.717) is 0 Å². The molecule has 1 rings (SSSR count). The Morgan fingerprint density at radius 1 is 1.21 bits per heavy atom. The third-order valence-corrected chi connectivity index (χ3v) is 1.71. The van der Waals surface area contributed by atoms with E-state index in [1.165, 1.54) is 12.1 Å². The number of rotatable bonds is 2. The lowest BCUT2D eigenvalue weighted by molar-refractivity contribution is -0.0690. The number of hydrogen-bond acceptors (Lipinski definition) is 1. The topological polar surface area (TPSA) is 26.0 Å². The smallest absolute Gasteiger partial charge is 0.327 e. The zero-order valence-corrected chi connectivity index (χ0v) is 7.38. The van der Waals surface area contributed by atoms with Gasteiger partial charge < -0.3 is 5.73 Å².